The van der Waals surface area contributed by atoms with Crippen LogP contribution in [0, 0.1) is 0 Å². The first kappa shape index (κ1) is 16.2. The maximum atomic E-state index is 4.87. The molecular formula is C18H26N2S. The summed E-state index contributed by atoms with van der Waals surface area (Å²) in [5.41, 5.74) is 2.56. The second-order valence-electron chi connectivity index (χ2n) is 6.08. The Morgan fingerprint density at radius 2 is 1.95 bits per heavy atom. The van der Waals surface area contributed by atoms with Crippen LogP contribution >= 0.6 is 11.3 Å². The lowest BCUT2D eigenvalue weighted by Gasteiger charge is -2.28. The zero-order chi connectivity index (χ0) is 15.3. The molecule has 0 aliphatic carbocycles. The Hall–Kier alpha value is -1.19. The molecule has 2 aromatic rings. The Labute approximate surface area is 132 Å². The van der Waals surface area contributed by atoms with E-state index in [4.69, 9.17) is 4.98 Å². The Balaban J connectivity index is 2.14. The molecule has 1 aromatic heterocycles. The lowest BCUT2D eigenvalue weighted by molar-refractivity contribution is 0.346. The van der Waals surface area contributed by atoms with Gasteiger partial charge in [-0.1, -0.05) is 51.1 Å². The summed E-state index contributed by atoms with van der Waals surface area (Å²) in [6, 6.07) is 10.7. The van der Waals surface area contributed by atoms with E-state index >= 15 is 0 Å². The van der Waals surface area contributed by atoms with Crippen molar-refractivity contribution in [1.29, 1.82) is 0 Å². The number of nitrogens with zero attached hydrogens (tertiary/aromatic N) is 1. The van der Waals surface area contributed by atoms with Crippen LogP contribution in [0.1, 0.15) is 56.3 Å². The van der Waals surface area contributed by atoms with E-state index in [1.807, 2.05) is 0 Å². The molecule has 0 saturated carbocycles. The standard InChI is InChI=1S/C18H26N2S/c1-5-19-18(4,12-11-15-9-7-6-8-10-15)17-20-16(13-21-17)14(2)3/h6-10,13-14,19H,5,11-12H2,1-4H3. The summed E-state index contributed by atoms with van der Waals surface area (Å²) < 4.78 is 0. The van der Waals surface area contributed by atoms with Gasteiger partial charge in [0.1, 0.15) is 5.01 Å². The van der Waals surface area contributed by atoms with Gasteiger partial charge < -0.3 is 5.32 Å². The van der Waals surface area contributed by atoms with Crippen LogP contribution in [0.2, 0.25) is 0 Å². The van der Waals surface area contributed by atoms with Crippen molar-refractivity contribution in [2.75, 3.05) is 6.54 Å². The summed E-state index contributed by atoms with van der Waals surface area (Å²) in [6.07, 6.45) is 2.14. The maximum absolute atomic E-state index is 4.87. The van der Waals surface area contributed by atoms with Crippen molar-refractivity contribution in [2.45, 2.75) is 52.0 Å². The summed E-state index contributed by atoms with van der Waals surface area (Å²) in [4.78, 5) is 4.87. The average molecular weight is 302 g/mol. The molecule has 0 aliphatic rings. The molecular weight excluding hydrogens is 276 g/mol. The second kappa shape index (κ2) is 7.19. The normalized spacial score (nSPS) is 14.3. The first-order chi connectivity index (χ1) is 10.0. The van der Waals surface area contributed by atoms with E-state index in [2.05, 4.69) is 68.7 Å². The summed E-state index contributed by atoms with van der Waals surface area (Å²) in [7, 11) is 0. The van der Waals surface area contributed by atoms with Gasteiger partial charge in [0.05, 0.1) is 11.2 Å². The quantitative estimate of drug-likeness (QED) is 0.800. The number of hydrogen-bond acceptors (Lipinski definition) is 3. The monoisotopic (exact) mass is 302 g/mol. The lowest BCUT2D eigenvalue weighted by atomic mass is 9.93. The van der Waals surface area contributed by atoms with Crippen LogP contribution in [0.15, 0.2) is 35.7 Å². The molecule has 0 fully saturated rings. The Morgan fingerprint density at radius 3 is 2.52 bits per heavy atom. The van der Waals surface area contributed by atoms with Gasteiger partial charge in [0, 0.05) is 5.38 Å². The predicted molar refractivity (Wildman–Crippen MR) is 92.0 cm³/mol. The third kappa shape index (κ3) is 4.14. The summed E-state index contributed by atoms with van der Waals surface area (Å²) in [5, 5.41) is 7.06. The van der Waals surface area contributed by atoms with Gasteiger partial charge in [-0.15, -0.1) is 11.3 Å². The lowest BCUT2D eigenvalue weighted by Crippen LogP contribution is -2.39. The Kier molecular flexibility index (Phi) is 5.54. The van der Waals surface area contributed by atoms with Crippen LogP contribution in [0.3, 0.4) is 0 Å². The third-order valence-corrected chi connectivity index (χ3v) is 5.03. The van der Waals surface area contributed by atoms with E-state index in [-0.39, 0.29) is 5.54 Å². The average Bonchev–Trinajstić information content (AvgIpc) is 2.97. The molecule has 0 amide bonds. The first-order valence-corrected chi connectivity index (χ1v) is 8.68. The minimum absolute atomic E-state index is 0.0393. The molecule has 1 heterocycles. The van der Waals surface area contributed by atoms with E-state index in [0.29, 0.717) is 5.92 Å². The van der Waals surface area contributed by atoms with Gasteiger partial charge in [-0.2, -0.15) is 0 Å². The molecule has 0 radical (unpaired) electrons. The number of thiazole rings is 1. The molecule has 3 heteroatoms. The molecule has 2 nitrogen and oxygen atoms in total. The van der Waals surface area contributed by atoms with Gasteiger partial charge in [-0.25, -0.2) is 4.98 Å². The molecule has 1 unspecified atom stereocenters. The van der Waals surface area contributed by atoms with Crippen LogP contribution in [-0.2, 0) is 12.0 Å². The molecule has 1 aromatic carbocycles. The number of benzene rings is 1. The number of aromatic nitrogens is 1. The van der Waals surface area contributed by atoms with Gasteiger partial charge in [-0.05, 0) is 37.8 Å². The van der Waals surface area contributed by atoms with Crippen molar-refractivity contribution >= 4 is 11.3 Å². The third-order valence-electron chi connectivity index (χ3n) is 3.91. The van der Waals surface area contributed by atoms with Gasteiger partial charge in [0.15, 0.2) is 0 Å². The highest BCUT2D eigenvalue weighted by atomic mass is 32.1. The van der Waals surface area contributed by atoms with Crippen molar-refractivity contribution in [1.82, 2.24) is 10.3 Å². The summed E-state index contributed by atoms with van der Waals surface area (Å²) in [5.74, 6) is 0.495. The first-order valence-electron chi connectivity index (χ1n) is 7.80. The van der Waals surface area contributed by atoms with Crippen molar-refractivity contribution in [3.8, 4) is 0 Å². The summed E-state index contributed by atoms with van der Waals surface area (Å²) >= 11 is 1.79. The maximum Gasteiger partial charge on any atom is 0.113 e. The van der Waals surface area contributed by atoms with Gasteiger partial charge in [-0.3, -0.25) is 0 Å². The minimum atomic E-state index is -0.0393. The molecule has 21 heavy (non-hydrogen) atoms. The van der Waals surface area contributed by atoms with Gasteiger partial charge in [0.25, 0.3) is 0 Å². The van der Waals surface area contributed by atoms with Crippen molar-refractivity contribution in [3.05, 3.63) is 52.0 Å². The van der Waals surface area contributed by atoms with Crippen LogP contribution in [0.5, 0.6) is 0 Å². The zero-order valence-corrected chi connectivity index (χ0v) is 14.3. The topological polar surface area (TPSA) is 24.9 Å². The van der Waals surface area contributed by atoms with Gasteiger partial charge in [0.2, 0.25) is 0 Å². The fourth-order valence-corrected chi connectivity index (χ4v) is 3.65. The Bertz CT molecular complexity index is 547. The fourth-order valence-electron chi connectivity index (χ4n) is 2.50. The van der Waals surface area contributed by atoms with E-state index < -0.39 is 0 Å². The van der Waals surface area contributed by atoms with Crippen LogP contribution < -0.4 is 5.32 Å². The number of hydrogen-bond donors (Lipinski definition) is 1. The van der Waals surface area contributed by atoms with Crippen molar-refractivity contribution < 1.29 is 0 Å². The van der Waals surface area contributed by atoms with Crippen LogP contribution in [-0.4, -0.2) is 11.5 Å². The number of nitrogens with one attached hydrogen (secondary N) is 1. The van der Waals surface area contributed by atoms with E-state index in [9.17, 15) is 0 Å². The smallest absolute Gasteiger partial charge is 0.113 e. The molecule has 2 rings (SSSR count). The highest BCUT2D eigenvalue weighted by Gasteiger charge is 2.28. The molecule has 0 saturated heterocycles. The second-order valence-corrected chi connectivity index (χ2v) is 6.94. The van der Waals surface area contributed by atoms with Crippen LogP contribution in [0.25, 0.3) is 0 Å². The van der Waals surface area contributed by atoms with Crippen LogP contribution in [0.4, 0.5) is 0 Å². The highest BCUT2D eigenvalue weighted by molar-refractivity contribution is 7.09. The number of rotatable bonds is 7. The van der Waals surface area contributed by atoms with Crippen molar-refractivity contribution in [2.24, 2.45) is 0 Å². The number of aryl methyl sites for hydroxylation is 1. The highest BCUT2D eigenvalue weighted by Crippen LogP contribution is 2.31. The Morgan fingerprint density at radius 1 is 1.24 bits per heavy atom. The fraction of sp³-hybridized carbons (Fsp3) is 0.500. The molecule has 1 atom stereocenters. The SMILES string of the molecule is CCNC(C)(CCc1ccccc1)c1nc(C(C)C)cs1. The zero-order valence-electron chi connectivity index (χ0n) is 13.5. The predicted octanol–water partition coefficient (Wildman–Crippen LogP) is 4.72. The summed E-state index contributed by atoms with van der Waals surface area (Å²) in [6.45, 7) is 9.81. The van der Waals surface area contributed by atoms with Gasteiger partial charge >= 0.3 is 0 Å². The molecule has 0 spiro atoms. The molecule has 1 N–H and O–H groups in total. The van der Waals surface area contributed by atoms with E-state index in [1.54, 1.807) is 11.3 Å². The molecule has 0 bridgehead atoms. The minimum Gasteiger partial charge on any atom is -0.306 e. The largest absolute Gasteiger partial charge is 0.306 e. The van der Waals surface area contributed by atoms with Crippen molar-refractivity contribution in [3.63, 3.8) is 0 Å². The molecule has 0 aliphatic heterocycles. The van der Waals surface area contributed by atoms with E-state index in [1.165, 1.54) is 16.3 Å². The molecule has 114 valence electrons. The van der Waals surface area contributed by atoms with E-state index in [0.717, 1.165) is 19.4 Å².